The van der Waals surface area contributed by atoms with Crippen molar-refractivity contribution in [2.45, 2.75) is 32.6 Å². The highest BCUT2D eigenvalue weighted by Gasteiger charge is 2.19. The van der Waals surface area contributed by atoms with Crippen molar-refractivity contribution >= 4 is 34.3 Å². The summed E-state index contributed by atoms with van der Waals surface area (Å²) in [4.78, 5) is 16.1. The van der Waals surface area contributed by atoms with E-state index in [2.05, 4.69) is 6.07 Å². The lowest BCUT2D eigenvalue weighted by atomic mass is 9.99. The van der Waals surface area contributed by atoms with E-state index in [1.807, 2.05) is 17.4 Å². The average molecular weight is 307 g/mol. The van der Waals surface area contributed by atoms with Crippen molar-refractivity contribution in [2.75, 3.05) is 12.3 Å². The van der Waals surface area contributed by atoms with Crippen LogP contribution in [0.2, 0.25) is 0 Å². The van der Waals surface area contributed by atoms with Gasteiger partial charge in [0.25, 0.3) is 0 Å². The first kappa shape index (κ1) is 13.6. The lowest BCUT2D eigenvalue weighted by molar-refractivity contribution is 0.0533. The topological polar surface area (TPSA) is 52.3 Å². The molecule has 2 heterocycles. The molecule has 2 aromatic rings. The van der Waals surface area contributed by atoms with Gasteiger partial charge in [-0.2, -0.15) is 0 Å². The monoisotopic (exact) mass is 307 g/mol. The minimum atomic E-state index is -0.317. The molecule has 0 atom stereocenters. The summed E-state index contributed by atoms with van der Waals surface area (Å²) in [5.41, 5.74) is 7.94. The van der Waals surface area contributed by atoms with Crippen LogP contribution in [0.5, 0.6) is 0 Å². The number of carbonyl (C=O) groups excluding carboxylic acids is 1. The van der Waals surface area contributed by atoms with E-state index in [9.17, 15) is 4.79 Å². The summed E-state index contributed by atoms with van der Waals surface area (Å²) in [6.07, 6.45) is 4.93. The highest BCUT2D eigenvalue weighted by molar-refractivity contribution is 7.23. The van der Waals surface area contributed by atoms with Crippen LogP contribution < -0.4 is 5.73 Å². The third-order valence-electron chi connectivity index (χ3n) is 3.46. The maximum Gasteiger partial charge on any atom is 0.350 e. The third-order valence-corrected chi connectivity index (χ3v) is 6.02. The third kappa shape index (κ3) is 2.47. The van der Waals surface area contributed by atoms with E-state index in [1.54, 1.807) is 6.92 Å². The van der Waals surface area contributed by atoms with E-state index in [4.69, 9.17) is 10.5 Å². The lowest BCUT2D eigenvalue weighted by Gasteiger charge is -2.08. The van der Waals surface area contributed by atoms with Crippen molar-refractivity contribution in [2.24, 2.45) is 0 Å². The Balaban J connectivity index is 1.92. The second-order valence-corrected chi connectivity index (χ2v) is 7.07. The Morgan fingerprint density at radius 3 is 2.75 bits per heavy atom. The van der Waals surface area contributed by atoms with Crippen LogP contribution >= 0.6 is 22.7 Å². The number of rotatable bonds is 3. The Kier molecular flexibility index (Phi) is 3.81. The Bertz CT molecular complexity index is 619. The first-order valence-corrected chi connectivity index (χ1v) is 8.50. The molecule has 20 heavy (non-hydrogen) atoms. The predicted octanol–water partition coefficient (Wildman–Crippen LogP) is 4.11. The average Bonchev–Trinajstić information content (AvgIpc) is 3.02. The Morgan fingerprint density at radius 2 is 2.00 bits per heavy atom. The number of thiophene rings is 2. The Hall–Kier alpha value is -1.33. The molecular weight excluding hydrogens is 290 g/mol. The number of ether oxygens (including phenoxy) is 1. The molecular formula is C15H17NO2S2. The van der Waals surface area contributed by atoms with Gasteiger partial charge in [0.15, 0.2) is 0 Å². The molecule has 5 heteroatoms. The fourth-order valence-corrected chi connectivity index (χ4v) is 4.79. The Morgan fingerprint density at radius 1 is 1.25 bits per heavy atom. The Labute approximate surface area is 126 Å². The van der Waals surface area contributed by atoms with Crippen LogP contribution in [0.1, 0.15) is 39.9 Å². The smallest absolute Gasteiger partial charge is 0.350 e. The zero-order chi connectivity index (χ0) is 14.1. The number of fused-ring (bicyclic) bond motifs is 1. The fraction of sp³-hybridized carbons (Fsp3) is 0.400. The van der Waals surface area contributed by atoms with Crippen LogP contribution in [0, 0.1) is 0 Å². The zero-order valence-electron chi connectivity index (χ0n) is 11.4. The highest BCUT2D eigenvalue weighted by Crippen LogP contribution is 2.40. The molecule has 2 aromatic heterocycles. The van der Waals surface area contributed by atoms with Gasteiger partial charge in [0.1, 0.15) is 4.88 Å². The molecule has 106 valence electrons. The van der Waals surface area contributed by atoms with Crippen molar-refractivity contribution in [1.82, 2.24) is 0 Å². The number of nitrogens with two attached hydrogens (primary N) is 1. The van der Waals surface area contributed by atoms with Crippen LogP contribution in [0.15, 0.2) is 12.1 Å². The summed E-state index contributed by atoms with van der Waals surface area (Å²) in [5, 5.41) is 0. The van der Waals surface area contributed by atoms with Gasteiger partial charge in [-0.25, -0.2) is 4.79 Å². The quantitative estimate of drug-likeness (QED) is 0.868. The number of anilines is 1. The summed E-state index contributed by atoms with van der Waals surface area (Å²) >= 11 is 3.27. The summed E-state index contributed by atoms with van der Waals surface area (Å²) in [7, 11) is 0. The molecule has 0 unspecified atom stereocenters. The van der Waals surface area contributed by atoms with Crippen molar-refractivity contribution in [3.05, 3.63) is 27.5 Å². The van der Waals surface area contributed by atoms with Gasteiger partial charge in [-0.1, -0.05) is 0 Å². The van der Waals surface area contributed by atoms with Crippen LogP contribution in [-0.2, 0) is 17.6 Å². The van der Waals surface area contributed by atoms with Crippen molar-refractivity contribution in [3.63, 3.8) is 0 Å². The maximum atomic E-state index is 11.8. The second-order valence-electron chi connectivity index (χ2n) is 4.88. The largest absolute Gasteiger partial charge is 0.462 e. The molecule has 0 amide bonds. The number of hydrogen-bond donors (Lipinski definition) is 1. The van der Waals surface area contributed by atoms with Gasteiger partial charge in [0.05, 0.1) is 12.3 Å². The first-order chi connectivity index (χ1) is 9.69. The van der Waals surface area contributed by atoms with Gasteiger partial charge >= 0.3 is 5.97 Å². The minimum absolute atomic E-state index is 0.317. The zero-order valence-corrected chi connectivity index (χ0v) is 13.0. The molecule has 0 saturated heterocycles. The fourth-order valence-electron chi connectivity index (χ4n) is 2.49. The summed E-state index contributed by atoms with van der Waals surface area (Å²) in [6.45, 7) is 2.18. The van der Waals surface area contributed by atoms with Gasteiger partial charge in [0, 0.05) is 14.6 Å². The van der Waals surface area contributed by atoms with Gasteiger partial charge < -0.3 is 10.5 Å². The molecule has 0 bridgehead atoms. The number of nitrogen functional groups attached to an aromatic ring is 1. The highest BCUT2D eigenvalue weighted by atomic mass is 32.1. The van der Waals surface area contributed by atoms with E-state index in [1.165, 1.54) is 52.3 Å². The van der Waals surface area contributed by atoms with E-state index >= 15 is 0 Å². The van der Waals surface area contributed by atoms with E-state index in [0.29, 0.717) is 17.2 Å². The van der Waals surface area contributed by atoms with Gasteiger partial charge in [-0.15, -0.1) is 22.7 Å². The summed E-state index contributed by atoms with van der Waals surface area (Å²) in [6, 6.07) is 4.16. The number of esters is 1. The van der Waals surface area contributed by atoms with Gasteiger partial charge in [0.2, 0.25) is 0 Å². The molecule has 0 aromatic carbocycles. The predicted molar refractivity (Wildman–Crippen MR) is 84.6 cm³/mol. The number of aryl methyl sites for hydroxylation is 2. The number of hydrogen-bond acceptors (Lipinski definition) is 5. The lowest BCUT2D eigenvalue weighted by Crippen LogP contribution is -2.04. The molecule has 2 N–H and O–H groups in total. The van der Waals surface area contributed by atoms with Gasteiger partial charge in [-0.05, 0) is 50.3 Å². The molecule has 1 aliphatic carbocycles. The summed E-state index contributed by atoms with van der Waals surface area (Å²) in [5.74, 6) is -0.317. The minimum Gasteiger partial charge on any atom is -0.462 e. The van der Waals surface area contributed by atoms with Gasteiger partial charge in [-0.3, -0.25) is 0 Å². The van der Waals surface area contributed by atoms with Crippen LogP contribution in [-0.4, -0.2) is 12.6 Å². The number of carbonyl (C=O) groups is 1. The molecule has 0 spiro atoms. The second kappa shape index (κ2) is 5.58. The maximum absolute atomic E-state index is 11.8. The molecule has 1 aliphatic rings. The first-order valence-electron chi connectivity index (χ1n) is 6.87. The van der Waals surface area contributed by atoms with E-state index < -0.39 is 0 Å². The SMILES string of the molecule is CCOC(=O)c1sc(-c2cc3c(s2)CCCC3)cc1N. The molecule has 0 saturated carbocycles. The van der Waals surface area contributed by atoms with Crippen molar-refractivity contribution in [1.29, 1.82) is 0 Å². The van der Waals surface area contributed by atoms with Crippen molar-refractivity contribution < 1.29 is 9.53 Å². The molecule has 3 nitrogen and oxygen atoms in total. The molecule has 0 aliphatic heterocycles. The summed E-state index contributed by atoms with van der Waals surface area (Å²) < 4.78 is 5.03. The molecule has 0 fully saturated rings. The van der Waals surface area contributed by atoms with Crippen LogP contribution in [0.4, 0.5) is 5.69 Å². The van der Waals surface area contributed by atoms with Crippen LogP contribution in [0.25, 0.3) is 9.75 Å². The molecule has 3 rings (SSSR count). The van der Waals surface area contributed by atoms with Crippen LogP contribution in [0.3, 0.4) is 0 Å². The normalized spacial score (nSPS) is 14.1. The standard InChI is InChI=1S/C15H17NO2S2/c1-2-18-15(17)14-10(16)8-13(20-14)12-7-9-5-3-4-6-11(9)19-12/h7-8H,2-6,16H2,1H3. The van der Waals surface area contributed by atoms with E-state index in [-0.39, 0.29) is 5.97 Å². The van der Waals surface area contributed by atoms with Crippen molar-refractivity contribution in [3.8, 4) is 9.75 Å². The van der Waals surface area contributed by atoms with E-state index in [0.717, 1.165) is 4.88 Å². The molecule has 0 radical (unpaired) electrons.